The molecule has 0 radical (unpaired) electrons. The van der Waals surface area contributed by atoms with Crippen molar-refractivity contribution in [3.63, 3.8) is 0 Å². The van der Waals surface area contributed by atoms with Crippen LogP contribution in [0.2, 0.25) is 0 Å². The summed E-state index contributed by atoms with van der Waals surface area (Å²) < 4.78 is 2.15. The monoisotopic (exact) mass is 291 g/mol. The van der Waals surface area contributed by atoms with E-state index in [9.17, 15) is 4.79 Å². The van der Waals surface area contributed by atoms with Crippen molar-refractivity contribution >= 4 is 5.91 Å². The van der Waals surface area contributed by atoms with Crippen LogP contribution in [-0.2, 0) is 4.79 Å². The van der Waals surface area contributed by atoms with Crippen LogP contribution in [0, 0.1) is 0 Å². The molecule has 2 aliphatic heterocycles. The third kappa shape index (κ3) is 2.95. The number of piperidine rings is 1. The van der Waals surface area contributed by atoms with Gasteiger partial charge in [0.15, 0.2) is 0 Å². The van der Waals surface area contributed by atoms with Crippen LogP contribution in [0.25, 0.3) is 0 Å². The van der Waals surface area contributed by atoms with Gasteiger partial charge in [-0.3, -0.25) is 4.79 Å². The zero-order valence-electron chi connectivity index (χ0n) is 13.0. The maximum Gasteiger partial charge on any atom is 0.239 e. The molecule has 0 aliphatic carbocycles. The van der Waals surface area contributed by atoms with Crippen molar-refractivity contribution in [1.29, 1.82) is 0 Å². The van der Waals surface area contributed by atoms with Crippen molar-refractivity contribution in [2.24, 2.45) is 0 Å². The molecule has 6 nitrogen and oxygen atoms in total. The van der Waals surface area contributed by atoms with E-state index in [4.69, 9.17) is 0 Å². The summed E-state index contributed by atoms with van der Waals surface area (Å²) in [6.07, 6.45) is 5.90. The van der Waals surface area contributed by atoms with Crippen molar-refractivity contribution in [3.05, 3.63) is 12.2 Å². The van der Waals surface area contributed by atoms with Crippen LogP contribution in [0.3, 0.4) is 0 Å². The van der Waals surface area contributed by atoms with Gasteiger partial charge in [0.2, 0.25) is 5.91 Å². The molecular formula is C15H25N5O. The van der Waals surface area contributed by atoms with Crippen LogP contribution in [0.5, 0.6) is 0 Å². The lowest BCUT2D eigenvalue weighted by atomic mass is 9.95. The number of rotatable bonds is 3. The maximum absolute atomic E-state index is 12.4. The molecule has 2 aliphatic rings. The van der Waals surface area contributed by atoms with Gasteiger partial charge < -0.3 is 14.8 Å². The minimum absolute atomic E-state index is 0.0564. The van der Waals surface area contributed by atoms with Crippen LogP contribution in [0.1, 0.15) is 57.3 Å². The maximum atomic E-state index is 12.4. The smallest absolute Gasteiger partial charge is 0.239 e. The topological polar surface area (TPSA) is 63.1 Å². The summed E-state index contributed by atoms with van der Waals surface area (Å²) in [6.45, 7) is 6.96. The Balaban J connectivity index is 1.59. The van der Waals surface area contributed by atoms with E-state index >= 15 is 0 Å². The Morgan fingerprint density at radius 1 is 1.33 bits per heavy atom. The molecule has 21 heavy (non-hydrogen) atoms. The molecule has 6 heteroatoms. The number of hydrogen-bond donors (Lipinski definition) is 1. The van der Waals surface area contributed by atoms with E-state index in [0.717, 1.165) is 51.1 Å². The first-order chi connectivity index (χ1) is 10.2. The fourth-order valence-electron chi connectivity index (χ4n) is 3.42. The number of likely N-dealkylation sites (tertiary alicyclic amines) is 1. The minimum Gasteiger partial charge on any atom is -0.341 e. The first-order valence-electron chi connectivity index (χ1n) is 8.08. The van der Waals surface area contributed by atoms with Crippen molar-refractivity contribution in [2.45, 2.75) is 57.5 Å². The summed E-state index contributed by atoms with van der Waals surface area (Å²) in [5.41, 5.74) is 0. The fourth-order valence-corrected chi connectivity index (χ4v) is 3.42. The van der Waals surface area contributed by atoms with Gasteiger partial charge in [-0.05, 0) is 46.1 Å². The lowest BCUT2D eigenvalue weighted by molar-refractivity contribution is -0.134. The molecule has 0 spiro atoms. The van der Waals surface area contributed by atoms with Crippen LogP contribution in [0.4, 0.5) is 0 Å². The summed E-state index contributed by atoms with van der Waals surface area (Å²) in [5.74, 6) is 1.79. The molecule has 1 aromatic heterocycles. The van der Waals surface area contributed by atoms with E-state index in [1.807, 2.05) is 11.2 Å². The largest absolute Gasteiger partial charge is 0.341 e. The third-order valence-electron chi connectivity index (χ3n) is 4.69. The highest BCUT2D eigenvalue weighted by molar-refractivity contribution is 5.82. The summed E-state index contributed by atoms with van der Waals surface area (Å²) in [6, 6.07) is 0.443. The van der Waals surface area contributed by atoms with E-state index in [1.54, 1.807) is 0 Å². The van der Waals surface area contributed by atoms with E-state index in [1.165, 1.54) is 0 Å². The Hall–Kier alpha value is -1.43. The summed E-state index contributed by atoms with van der Waals surface area (Å²) in [4.78, 5) is 14.4. The highest BCUT2D eigenvalue weighted by Gasteiger charge is 2.31. The van der Waals surface area contributed by atoms with Crippen LogP contribution >= 0.6 is 0 Å². The van der Waals surface area contributed by atoms with Crippen molar-refractivity contribution in [1.82, 2.24) is 25.0 Å². The number of nitrogens with one attached hydrogen (secondary N) is 1. The second kappa shape index (κ2) is 6.13. The summed E-state index contributed by atoms with van der Waals surface area (Å²) in [5, 5.41) is 11.7. The average molecular weight is 291 g/mol. The van der Waals surface area contributed by atoms with Crippen molar-refractivity contribution < 1.29 is 4.79 Å². The lowest BCUT2D eigenvalue weighted by Gasteiger charge is -2.33. The molecule has 2 saturated heterocycles. The predicted octanol–water partition coefficient (Wildman–Crippen LogP) is 1.32. The number of carbonyl (C=O) groups excluding carboxylic acids is 1. The van der Waals surface area contributed by atoms with E-state index in [-0.39, 0.29) is 11.9 Å². The third-order valence-corrected chi connectivity index (χ3v) is 4.69. The minimum atomic E-state index is 0.0564. The quantitative estimate of drug-likeness (QED) is 0.912. The van der Waals surface area contributed by atoms with Gasteiger partial charge in [-0.1, -0.05) is 0 Å². The first-order valence-corrected chi connectivity index (χ1v) is 8.08. The van der Waals surface area contributed by atoms with E-state index < -0.39 is 0 Å². The molecule has 116 valence electrons. The Morgan fingerprint density at radius 2 is 2.10 bits per heavy atom. The zero-order chi connectivity index (χ0) is 14.8. The number of carbonyl (C=O) groups is 1. The molecular weight excluding hydrogens is 266 g/mol. The van der Waals surface area contributed by atoms with Crippen molar-refractivity contribution in [2.75, 3.05) is 19.6 Å². The molecule has 3 rings (SSSR count). The molecule has 1 aromatic rings. The molecule has 0 bridgehead atoms. The van der Waals surface area contributed by atoms with Crippen LogP contribution in [-0.4, -0.2) is 51.2 Å². The number of aromatic nitrogens is 3. The molecule has 3 heterocycles. The Labute approximate surface area is 125 Å². The van der Waals surface area contributed by atoms with Gasteiger partial charge in [-0.2, -0.15) is 0 Å². The molecule has 1 amide bonds. The first kappa shape index (κ1) is 14.5. The lowest BCUT2D eigenvalue weighted by Crippen LogP contribution is -2.46. The van der Waals surface area contributed by atoms with Gasteiger partial charge in [0.05, 0.1) is 6.04 Å². The highest BCUT2D eigenvalue weighted by atomic mass is 16.2. The highest BCUT2D eigenvalue weighted by Crippen LogP contribution is 2.28. The second-order valence-electron chi connectivity index (χ2n) is 6.44. The van der Waals surface area contributed by atoms with Gasteiger partial charge in [0, 0.05) is 25.0 Å². The van der Waals surface area contributed by atoms with Crippen LogP contribution < -0.4 is 5.32 Å². The summed E-state index contributed by atoms with van der Waals surface area (Å²) in [7, 11) is 0. The van der Waals surface area contributed by atoms with E-state index in [0.29, 0.717) is 12.0 Å². The number of nitrogens with zero attached hydrogens (tertiary/aromatic N) is 4. The number of amides is 1. The van der Waals surface area contributed by atoms with E-state index in [2.05, 4.69) is 33.9 Å². The Morgan fingerprint density at radius 3 is 2.71 bits per heavy atom. The van der Waals surface area contributed by atoms with Crippen LogP contribution in [0.15, 0.2) is 6.33 Å². The molecule has 0 saturated carbocycles. The Kier molecular flexibility index (Phi) is 4.24. The molecule has 2 fully saturated rings. The average Bonchev–Trinajstić information content (AvgIpc) is 3.18. The van der Waals surface area contributed by atoms with Crippen molar-refractivity contribution in [3.8, 4) is 0 Å². The predicted molar refractivity (Wildman–Crippen MR) is 80.0 cm³/mol. The standard InChI is InChI=1S/C15H25N5O/c1-11(2)20-10-17-18-14(20)12-5-8-19(9-6-12)15(21)13-4-3-7-16-13/h10-13,16H,3-9H2,1-2H3/t13-/m0/s1. The molecule has 1 atom stereocenters. The van der Waals surface area contributed by atoms with Gasteiger partial charge in [0.25, 0.3) is 0 Å². The van der Waals surface area contributed by atoms with Gasteiger partial charge in [-0.15, -0.1) is 10.2 Å². The molecule has 0 aromatic carbocycles. The molecule has 1 N–H and O–H groups in total. The zero-order valence-corrected chi connectivity index (χ0v) is 13.0. The van der Waals surface area contributed by atoms with Gasteiger partial charge in [-0.25, -0.2) is 0 Å². The Bertz CT molecular complexity index is 484. The van der Waals surface area contributed by atoms with Gasteiger partial charge in [0.1, 0.15) is 12.2 Å². The van der Waals surface area contributed by atoms with Gasteiger partial charge >= 0.3 is 0 Å². The fraction of sp³-hybridized carbons (Fsp3) is 0.800. The normalized spacial score (nSPS) is 24.0. The molecule has 0 unspecified atom stereocenters. The number of hydrogen-bond acceptors (Lipinski definition) is 4. The summed E-state index contributed by atoms with van der Waals surface area (Å²) >= 11 is 0. The second-order valence-corrected chi connectivity index (χ2v) is 6.44. The SMILES string of the molecule is CC(C)n1cnnc1C1CCN(C(=O)[C@@H]2CCCN2)CC1.